The van der Waals surface area contributed by atoms with Crippen LogP contribution in [-0.4, -0.2) is 30.3 Å². The van der Waals surface area contributed by atoms with E-state index in [2.05, 4.69) is 6.07 Å². The zero-order valence-electron chi connectivity index (χ0n) is 16.6. The summed E-state index contributed by atoms with van der Waals surface area (Å²) < 4.78 is 28.5. The first-order valence-corrected chi connectivity index (χ1v) is 11.5. The Kier molecular flexibility index (Phi) is 6.10. The first kappa shape index (κ1) is 21.1. The average Bonchev–Trinajstić information content (AvgIpc) is 2.79. The molecule has 1 aliphatic heterocycles. The molecule has 2 aromatic carbocycles. The fourth-order valence-corrected chi connectivity index (χ4v) is 5.04. The van der Waals surface area contributed by atoms with E-state index in [9.17, 15) is 8.42 Å². The standard InChI is InChI=1S/C24H20ClN3O2S/c25-22-11-13-23(14-12-22)31(29,30)28(17-20-9-7-19(16-26)8-10-20)18-27-15-3-5-21-4-1-2-6-24(21)27/h1-15,24H,17-18H2. The van der Waals surface area contributed by atoms with E-state index in [0.29, 0.717) is 10.6 Å². The second-order valence-electron chi connectivity index (χ2n) is 7.23. The number of fused-ring (bicyclic) bond motifs is 1. The minimum atomic E-state index is -3.80. The van der Waals surface area contributed by atoms with Crippen molar-refractivity contribution in [3.63, 3.8) is 0 Å². The van der Waals surface area contributed by atoms with E-state index < -0.39 is 10.0 Å². The van der Waals surface area contributed by atoms with E-state index in [1.807, 2.05) is 47.6 Å². The zero-order valence-corrected chi connectivity index (χ0v) is 18.2. The van der Waals surface area contributed by atoms with E-state index in [1.54, 1.807) is 36.4 Å². The summed E-state index contributed by atoms with van der Waals surface area (Å²) in [4.78, 5) is 2.17. The van der Waals surface area contributed by atoms with Crippen molar-refractivity contribution in [2.75, 3.05) is 6.67 Å². The third-order valence-corrected chi connectivity index (χ3v) is 7.22. The highest BCUT2D eigenvalue weighted by Gasteiger charge is 2.29. The lowest BCUT2D eigenvalue weighted by atomic mass is 9.98. The fourth-order valence-electron chi connectivity index (χ4n) is 3.53. The molecular weight excluding hydrogens is 430 g/mol. The summed E-state index contributed by atoms with van der Waals surface area (Å²) in [6, 6.07) is 15.2. The molecule has 0 radical (unpaired) electrons. The van der Waals surface area contributed by atoms with Gasteiger partial charge in [0.2, 0.25) is 10.0 Å². The van der Waals surface area contributed by atoms with Gasteiger partial charge in [0.15, 0.2) is 0 Å². The summed E-state index contributed by atoms with van der Waals surface area (Å²) in [7, 11) is -3.80. The molecule has 0 fully saturated rings. The van der Waals surface area contributed by atoms with E-state index >= 15 is 0 Å². The van der Waals surface area contributed by atoms with Gasteiger partial charge in [0, 0.05) is 17.8 Å². The molecule has 1 atom stereocenters. The molecule has 156 valence electrons. The van der Waals surface area contributed by atoms with Crippen LogP contribution >= 0.6 is 11.6 Å². The number of nitriles is 1. The van der Waals surface area contributed by atoms with Crippen molar-refractivity contribution in [3.8, 4) is 6.07 Å². The van der Waals surface area contributed by atoms with Gasteiger partial charge in [-0.05, 0) is 53.6 Å². The Hall–Kier alpha value is -3.11. The summed E-state index contributed by atoms with van der Waals surface area (Å²) in [5, 5.41) is 9.52. The first-order chi connectivity index (χ1) is 15.0. The number of hydrogen-bond donors (Lipinski definition) is 0. The molecule has 5 nitrogen and oxygen atoms in total. The lowest BCUT2D eigenvalue weighted by Crippen LogP contribution is -2.44. The third-order valence-electron chi connectivity index (χ3n) is 5.17. The van der Waals surface area contributed by atoms with Gasteiger partial charge in [-0.15, -0.1) is 0 Å². The average molecular weight is 450 g/mol. The smallest absolute Gasteiger partial charge is 0.244 e. The van der Waals surface area contributed by atoms with E-state index in [0.717, 1.165) is 11.1 Å². The summed E-state index contributed by atoms with van der Waals surface area (Å²) in [6.07, 6.45) is 13.9. The highest BCUT2D eigenvalue weighted by molar-refractivity contribution is 7.89. The second kappa shape index (κ2) is 8.94. The fraction of sp³-hybridized carbons (Fsp3) is 0.125. The number of benzene rings is 2. The molecular formula is C24H20ClN3O2S. The van der Waals surface area contributed by atoms with Crippen molar-refractivity contribution >= 4 is 21.6 Å². The molecule has 2 aromatic rings. The van der Waals surface area contributed by atoms with Crippen molar-refractivity contribution in [3.05, 3.63) is 113 Å². The van der Waals surface area contributed by atoms with Crippen LogP contribution in [0.4, 0.5) is 0 Å². The van der Waals surface area contributed by atoms with E-state index in [-0.39, 0.29) is 24.2 Å². The van der Waals surface area contributed by atoms with Gasteiger partial charge in [-0.2, -0.15) is 9.57 Å². The predicted octanol–water partition coefficient (Wildman–Crippen LogP) is 4.61. The van der Waals surface area contributed by atoms with Gasteiger partial charge >= 0.3 is 0 Å². The molecule has 0 saturated carbocycles. The molecule has 1 aliphatic carbocycles. The van der Waals surface area contributed by atoms with Crippen LogP contribution in [0.2, 0.25) is 5.02 Å². The molecule has 0 aromatic heterocycles. The van der Waals surface area contributed by atoms with E-state index in [4.69, 9.17) is 16.9 Å². The van der Waals surface area contributed by atoms with Crippen molar-refractivity contribution < 1.29 is 8.42 Å². The Balaban J connectivity index is 1.66. The van der Waals surface area contributed by atoms with Crippen LogP contribution < -0.4 is 0 Å². The van der Waals surface area contributed by atoms with Gasteiger partial charge in [0.05, 0.1) is 29.2 Å². The molecule has 0 N–H and O–H groups in total. The van der Waals surface area contributed by atoms with Gasteiger partial charge in [-0.3, -0.25) is 0 Å². The largest absolute Gasteiger partial charge is 0.353 e. The molecule has 2 aliphatic rings. The SMILES string of the molecule is N#Cc1ccc(CN(CN2C=CC=C3C=CC=CC32)S(=O)(=O)c2ccc(Cl)cc2)cc1. The lowest BCUT2D eigenvalue weighted by molar-refractivity contribution is 0.233. The highest BCUT2D eigenvalue weighted by Crippen LogP contribution is 2.26. The second-order valence-corrected chi connectivity index (χ2v) is 9.60. The van der Waals surface area contributed by atoms with Gasteiger partial charge < -0.3 is 4.90 Å². The minimum Gasteiger partial charge on any atom is -0.353 e. The van der Waals surface area contributed by atoms with Gasteiger partial charge in [0.25, 0.3) is 0 Å². The molecule has 1 unspecified atom stereocenters. The highest BCUT2D eigenvalue weighted by atomic mass is 35.5. The summed E-state index contributed by atoms with van der Waals surface area (Å²) in [5.41, 5.74) is 2.43. The van der Waals surface area contributed by atoms with Crippen LogP contribution in [0.15, 0.2) is 102 Å². The molecule has 0 amide bonds. The van der Waals surface area contributed by atoms with Crippen LogP contribution in [0.3, 0.4) is 0 Å². The first-order valence-electron chi connectivity index (χ1n) is 9.71. The minimum absolute atomic E-state index is 0.0288. The molecule has 4 rings (SSSR count). The third kappa shape index (κ3) is 4.64. The van der Waals surface area contributed by atoms with Crippen LogP contribution in [0.25, 0.3) is 0 Å². The number of rotatable bonds is 6. The topological polar surface area (TPSA) is 64.4 Å². The molecule has 0 spiro atoms. The van der Waals surface area contributed by atoms with Crippen LogP contribution in [0, 0.1) is 11.3 Å². The Bertz CT molecular complexity index is 1220. The van der Waals surface area contributed by atoms with Crippen molar-refractivity contribution in [2.45, 2.75) is 17.5 Å². The van der Waals surface area contributed by atoms with Crippen molar-refractivity contribution in [1.82, 2.24) is 9.21 Å². The maximum atomic E-state index is 13.5. The van der Waals surface area contributed by atoms with Gasteiger partial charge in [-0.1, -0.05) is 54.1 Å². The Morgan fingerprint density at radius 1 is 1.03 bits per heavy atom. The van der Waals surface area contributed by atoms with Crippen LogP contribution in [-0.2, 0) is 16.6 Å². The predicted molar refractivity (Wildman–Crippen MR) is 121 cm³/mol. The van der Waals surface area contributed by atoms with Gasteiger partial charge in [-0.25, -0.2) is 8.42 Å². The number of halogens is 1. The molecule has 0 saturated heterocycles. The Morgan fingerprint density at radius 3 is 2.48 bits per heavy atom. The monoisotopic (exact) mass is 449 g/mol. The van der Waals surface area contributed by atoms with E-state index in [1.165, 1.54) is 16.4 Å². The zero-order chi connectivity index (χ0) is 21.8. The molecule has 7 heteroatoms. The van der Waals surface area contributed by atoms with Crippen LogP contribution in [0.1, 0.15) is 11.1 Å². The number of allylic oxidation sites excluding steroid dienone is 4. The maximum Gasteiger partial charge on any atom is 0.244 e. The number of nitrogens with zero attached hydrogens (tertiary/aromatic N) is 3. The number of hydrogen-bond acceptors (Lipinski definition) is 4. The van der Waals surface area contributed by atoms with Gasteiger partial charge in [0.1, 0.15) is 0 Å². The van der Waals surface area contributed by atoms with Crippen molar-refractivity contribution in [2.24, 2.45) is 0 Å². The van der Waals surface area contributed by atoms with Crippen LogP contribution in [0.5, 0.6) is 0 Å². The van der Waals surface area contributed by atoms with Crippen molar-refractivity contribution in [1.29, 1.82) is 5.26 Å². The Labute approximate surface area is 187 Å². The lowest BCUT2D eigenvalue weighted by Gasteiger charge is -2.36. The quantitative estimate of drug-likeness (QED) is 0.646. The Morgan fingerprint density at radius 2 is 1.77 bits per heavy atom. The molecule has 1 heterocycles. The number of sulfonamides is 1. The molecule has 31 heavy (non-hydrogen) atoms. The maximum absolute atomic E-state index is 13.5. The molecule has 0 bridgehead atoms. The summed E-state index contributed by atoms with van der Waals surface area (Å²) >= 11 is 5.96. The normalized spacial score (nSPS) is 17.4. The summed E-state index contributed by atoms with van der Waals surface area (Å²) in [6.45, 7) is 0.341. The summed E-state index contributed by atoms with van der Waals surface area (Å²) in [5.74, 6) is 0.